The number of carbonyl (C=O) groups excluding carboxylic acids is 1. The van der Waals surface area contributed by atoms with Gasteiger partial charge in [0.25, 0.3) is 5.91 Å². The van der Waals surface area contributed by atoms with Crippen LogP contribution in [0.4, 0.5) is 5.82 Å². The van der Waals surface area contributed by atoms with Gasteiger partial charge in [0.05, 0.1) is 0 Å². The van der Waals surface area contributed by atoms with Gasteiger partial charge in [-0.05, 0) is 57.2 Å². The lowest BCUT2D eigenvalue weighted by Gasteiger charge is -2.20. The van der Waals surface area contributed by atoms with Gasteiger partial charge in [-0.15, -0.1) is 0 Å². The van der Waals surface area contributed by atoms with Crippen LogP contribution in [0.5, 0.6) is 0 Å². The summed E-state index contributed by atoms with van der Waals surface area (Å²) in [5.74, 6) is 1.87. The molecule has 6 heteroatoms. The Kier molecular flexibility index (Phi) is 5.34. The molecule has 5 nitrogen and oxygen atoms in total. The number of aryl methyl sites for hydroxylation is 1. The standard InChI is InChI=1S/C21H26N4OS/c1-14-15(2)22-21(24-19(14)25-10-3-4-11-25)27-13-16-6-5-7-17(12-16)20(26)23-18-8-9-18/h5-7,12,18H,3-4,8-11,13H2,1-2H3,(H,23,26). The van der Waals surface area contributed by atoms with E-state index in [1.807, 2.05) is 18.2 Å². The summed E-state index contributed by atoms with van der Waals surface area (Å²) in [6.45, 7) is 6.34. The number of nitrogens with zero attached hydrogens (tertiary/aromatic N) is 3. The third-order valence-electron chi connectivity index (χ3n) is 5.22. The molecule has 1 N–H and O–H groups in total. The second-order valence-corrected chi connectivity index (χ2v) is 8.41. The van der Waals surface area contributed by atoms with Crippen molar-refractivity contribution in [2.45, 2.75) is 56.5 Å². The molecule has 0 unspecified atom stereocenters. The number of thioether (sulfide) groups is 1. The Hall–Kier alpha value is -2.08. The van der Waals surface area contributed by atoms with Gasteiger partial charge in [0.1, 0.15) is 5.82 Å². The maximum atomic E-state index is 12.2. The quantitative estimate of drug-likeness (QED) is 0.607. The van der Waals surface area contributed by atoms with Crippen molar-refractivity contribution in [1.29, 1.82) is 0 Å². The average Bonchev–Trinajstić information content (AvgIpc) is 3.31. The van der Waals surface area contributed by atoms with Gasteiger partial charge in [-0.3, -0.25) is 4.79 Å². The Bertz CT molecular complexity index is 844. The SMILES string of the molecule is Cc1nc(SCc2cccc(C(=O)NC3CC3)c2)nc(N2CCCC2)c1C. The van der Waals surface area contributed by atoms with Gasteiger partial charge in [-0.2, -0.15) is 0 Å². The van der Waals surface area contributed by atoms with Gasteiger partial charge in [0, 0.05) is 41.7 Å². The first kappa shape index (κ1) is 18.3. The minimum Gasteiger partial charge on any atom is -0.356 e. The average molecular weight is 383 g/mol. The van der Waals surface area contributed by atoms with E-state index in [1.165, 1.54) is 18.4 Å². The topological polar surface area (TPSA) is 58.1 Å². The molecule has 2 aromatic rings. The summed E-state index contributed by atoms with van der Waals surface area (Å²) in [5, 5.41) is 3.86. The monoisotopic (exact) mass is 382 g/mol. The number of anilines is 1. The first-order valence-electron chi connectivity index (χ1n) is 9.73. The van der Waals surface area contributed by atoms with Crippen LogP contribution in [0.1, 0.15) is 52.9 Å². The summed E-state index contributed by atoms with van der Waals surface area (Å²) in [6.07, 6.45) is 4.68. The fraction of sp³-hybridized carbons (Fsp3) is 0.476. The Morgan fingerprint density at radius 2 is 2.00 bits per heavy atom. The largest absolute Gasteiger partial charge is 0.356 e. The van der Waals surface area contributed by atoms with Crippen molar-refractivity contribution in [3.63, 3.8) is 0 Å². The Balaban J connectivity index is 1.46. The highest BCUT2D eigenvalue weighted by atomic mass is 32.2. The first-order valence-corrected chi connectivity index (χ1v) is 10.7. The van der Waals surface area contributed by atoms with E-state index >= 15 is 0 Å². The molecule has 1 aliphatic heterocycles. The second-order valence-electron chi connectivity index (χ2n) is 7.47. The van der Waals surface area contributed by atoms with Crippen LogP contribution >= 0.6 is 11.8 Å². The lowest BCUT2D eigenvalue weighted by Crippen LogP contribution is -2.25. The van der Waals surface area contributed by atoms with Crippen molar-refractivity contribution in [1.82, 2.24) is 15.3 Å². The smallest absolute Gasteiger partial charge is 0.251 e. The summed E-state index contributed by atoms with van der Waals surface area (Å²) in [5.41, 5.74) is 4.08. The molecule has 1 amide bonds. The maximum Gasteiger partial charge on any atom is 0.251 e. The maximum absolute atomic E-state index is 12.2. The number of carbonyl (C=O) groups is 1. The number of rotatable bonds is 6. The molecule has 1 aliphatic carbocycles. The zero-order valence-corrected chi connectivity index (χ0v) is 16.8. The summed E-state index contributed by atoms with van der Waals surface area (Å²) in [7, 11) is 0. The van der Waals surface area contributed by atoms with E-state index in [9.17, 15) is 4.79 Å². The fourth-order valence-electron chi connectivity index (χ4n) is 3.34. The number of amides is 1. The molecule has 0 radical (unpaired) electrons. The summed E-state index contributed by atoms with van der Waals surface area (Å²) >= 11 is 1.64. The van der Waals surface area contributed by atoms with E-state index in [0.717, 1.165) is 59.5 Å². The molecule has 27 heavy (non-hydrogen) atoms. The predicted molar refractivity (Wildman–Crippen MR) is 109 cm³/mol. The molecule has 142 valence electrons. The van der Waals surface area contributed by atoms with Crippen molar-refractivity contribution in [3.05, 3.63) is 46.6 Å². The molecule has 2 aliphatic rings. The van der Waals surface area contributed by atoms with E-state index < -0.39 is 0 Å². The fourth-order valence-corrected chi connectivity index (χ4v) is 4.16. The molecule has 0 atom stereocenters. The first-order chi connectivity index (χ1) is 13.1. The second kappa shape index (κ2) is 7.89. The van der Waals surface area contributed by atoms with Crippen LogP contribution in [-0.4, -0.2) is 35.0 Å². The molecular weight excluding hydrogens is 356 g/mol. The van der Waals surface area contributed by atoms with Gasteiger partial charge in [-0.1, -0.05) is 23.9 Å². The molecule has 0 spiro atoms. The van der Waals surface area contributed by atoms with E-state index in [0.29, 0.717) is 6.04 Å². The number of aromatic nitrogens is 2. The third-order valence-corrected chi connectivity index (χ3v) is 6.14. The third kappa shape index (κ3) is 4.43. The summed E-state index contributed by atoms with van der Waals surface area (Å²) < 4.78 is 0. The van der Waals surface area contributed by atoms with Crippen LogP contribution in [0.3, 0.4) is 0 Å². The predicted octanol–water partition coefficient (Wildman–Crippen LogP) is 3.88. The molecule has 1 saturated carbocycles. The summed E-state index contributed by atoms with van der Waals surface area (Å²) in [4.78, 5) is 24.1. The minimum atomic E-state index is 0.0306. The molecule has 2 fully saturated rings. The van der Waals surface area contributed by atoms with Crippen LogP contribution in [0, 0.1) is 13.8 Å². The van der Waals surface area contributed by atoms with E-state index in [-0.39, 0.29) is 5.91 Å². The van der Waals surface area contributed by atoms with Crippen molar-refractivity contribution in [2.75, 3.05) is 18.0 Å². The highest BCUT2D eigenvalue weighted by Crippen LogP contribution is 2.28. The lowest BCUT2D eigenvalue weighted by atomic mass is 10.1. The number of benzene rings is 1. The Morgan fingerprint density at radius 3 is 2.74 bits per heavy atom. The molecule has 0 bridgehead atoms. The molecule has 1 saturated heterocycles. The zero-order chi connectivity index (χ0) is 18.8. The molecular formula is C21H26N4OS. The van der Waals surface area contributed by atoms with Crippen LogP contribution in [0.25, 0.3) is 0 Å². The van der Waals surface area contributed by atoms with Crippen molar-refractivity contribution < 1.29 is 4.79 Å². The van der Waals surface area contributed by atoms with Crippen LogP contribution in [0.15, 0.2) is 29.4 Å². The van der Waals surface area contributed by atoms with Gasteiger partial charge in [-0.25, -0.2) is 9.97 Å². The molecule has 1 aromatic heterocycles. The van der Waals surface area contributed by atoms with E-state index in [1.54, 1.807) is 11.8 Å². The highest BCUT2D eigenvalue weighted by molar-refractivity contribution is 7.98. The summed E-state index contributed by atoms with van der Waals surface area (Å²) in [6, 6.07) is 8.25. The molecule has 1 aromatic carbocycles. The van der Waals surface area contributed by atoms with E-state index in [2.05, 4.69) is 35.1 Å². The van der Waals surface area contributed by atoms with Gasteiger partial charge in [0.15, 0.2) is 5.16 Å². The number of hydrogen-bond donors (Lipinski definition) is 1. The number of hydrogen-bond acceptors (Lipinski definition) is 5. The normalized spacial score (nSPS) is 16.6. The number of nitrogens with one attached hydrogen (secondary N) is 1. The van der Waals surface area contributed by atoms with Crippen molar-refractivity contribution >= 4 is 23.5 Å². The van der Waals surface area contributed by atoms with Gasteiger partial charge in [0.2, 0.25) is 0 Å². The Labute approximate surface area is 165 Å². The highest BCUT2D eigenvalue weighted by Gasteiger charge is 2.24. The van der Waals surface area contributed by atoms with Crippen LogP contribution in [-0.2, 0) is 5.75 Å². The van der Waals surface area contributed by atoms with Crippen molar-refractivity contribution in [3.8, 4) is 0 Å². The van der Waals surface area contributed by atoms with Crippen LogP contribution < -0.4 is 10.2 Å². The molecule has 2 heterocycles. The zero-order valence-electron chi connectivity index (χ0n) is 16.0. The van der Waals surface area contributed by atoms with Gasteiger partial charge < -0.3 is 10.2 Å². The van der Waals surface area contributed by atoms with Crippen molar-refractivity contribution in [2.24, 2.45) is 0 Å². The van der Waals surface area contributed by atoms with Gasteiger partial charge >= 0.3 is 0 Å². The lowest BCUT2D eigenvalue weighted by molar-refractivity contribution is 0.0951. The van der Waals surface area contributed by atoms with Crippen LogP contribution in [0.2, 0.25) is 0 Å². The van der Waals surface area contributed by atoms with E-state index in [4.69, 9.17) is 4.98 Å². The Morgan fingerprint density at radius 1 is 1.22 bits per heavy atom. The molecule has 4 rings (SSSR count). The minimum absolute atomic E-state index is 0.0306.